The molecule has 0 radical (unpaired) electrons. The van der Waals surface area contributed by atoms with Crippen LogP contribution in [-0.2, 0) is 0 Å². The summed E-state index contributed by atoms with van der Waals surface area (Å²) in [5.41, 5.74) is 0. The van der Waals surface area contributed by atoms with Crippen molar-refractivity contribution in [3.05, 3.63) is 22.4 Å². The van der Waals surface area contributed by atoms with Crippen molar-refractivity contribution in [2.45, 2.75) is 39.3 Å². The number of likely N-dealkylation sites (N-methyl/N-ethyl adjacent to an activating group) is 1. The lowest BCUT2D eigenvalue weighted by atomic mass is 10.2. The van der Waals surface area contributed by atoms with Gasteiger partial charge in [-0.3, -0.25) is 0 Å². The van der Waals surface area contributed by atoms with E-state index in [9.17, 15) is 0 Å². The summed E-state index contributed by atoms with van der Waals surface area (Å²) >= 11 is 1.84. The van der Waals surface area contributed by atoms with Crippen LogP contribution in [-0.4, -0.2) is 31.1 Å². The summed E-state index contributed by atoms with van der Waals surface area (Å²) in [6.07, 6.45) is 1.16. The number of rotatable bonds is 7. The Morgan fingerprint density at radius 1 is 1.44 bits per heavy atom. The highest BCUT2D eigenvalue weighted by atomic mass is 32.1. The van der Waals surface area contributed by atoms with Crippen molar-refractivity contribution in [2.24, 2.45) is 0 Å². The second-order valence-corrected chi connectivity index (χ2v) is 5.48. The fraction of sp³-hybridized carbons (Fsp3) is 0.692. The molecule has 0 saturated carbocycles. The van der Waals surface area contributed by atoms with Crippen LogP contribution >= 0.6 is 11.3 Å². The van der Waals surface area contributed by atoms with Gasteiger partial charge in [-0.25, -0.2) is 0 Å². The van der Waals surface area contributed by atoms with Gasteiger partial charge in [-0.15, -0.1) is 11.3 Å². The number of thiophene rings is 1. The highest BCUT2D eigenvalue weighted by molar-refractivity contribution is 7.10. The summed E-state index contributed by atoms with van der Waals surface area (Å²) in [6, 6.07) is 5.51. The molecule has 0 aliphatic heterocycles. The first-order valence-corrected chi connectivity index (χ1v) is 7.00. The molecule has 1 unspecified atom stereocenters. The van der Waals surface area contributed by atoms with Gasteiger partial charge in [0.25, 0.3) is 0 Å². The van der Waals surface area contributed by atoms with E-state index in [1.54, 1.807) is 0 Å². The molecule has 2 nitrogen and oxygen atoms in total. The number of hydrogen-bond acceptors (Lipinski definition) is 3. The zero-order chi connectivity index (χ0) is 12.0. The summed E-state index contributed by atoms with van der Waals surface area (Å²) in [4.78, 5) is 3.82. The minimum absolute atomic E-state index is 0.528. The molecular formula is C13H24N2S. The maximum absolute atomic E-state index is 3.63. The maximum Gasteiger partial charge on any atom is 0.0412 e. The first kappa shape index (κ1) is 13.7. The molecule has 0 aromatic carbocycles. The Bertz CT molecular complexity index is 269. The van der Waals surface area contributed by atoms with E-state index < -0.39 is 0 Å². The van der Waals surface area contributed by atoms with Crippen LogP contribution in [0, 0.1) is 0 Å². The van der Waals surface area contributed by atoms with Crippen LogP contribution in [0.3, 0.4) is 0 Å². The van der Waals surface area contributed by atoms with Crippen molar-refractivity contribution >= 4 is 11.3 Å². The second-order valence-electron chi connectivity index (χ2n) is 4.50. The van der Waals surface area contributed by atoms with Crippen LogP contribution in [0.2, 0.25) is 0 Å². The van der Waals surface area contributed by atoms with Gasteiger partial charge in [-0.1, -0.05) is 13.0 Å². The Labute approximate surface area is 104 Å². The summed E-state index contributed by atoms with van der Waals surface area (Å²) in [5, 5.41) is 5.78. The van der Waals surface area contributed by atoms with Crippen LogP contribution in [0.4, 0.5) is 0 Å². The minimum atomic E-state index is 0.528. The Morgan fingerprint density at radius 2 is 2.19 bits per heavy atom. The highest BCUT2D eigenvalue weighted by Crippen LogP contribution is 2.21. The van der Waals surface area contributed by atoms with Crippen LogP contribution < -0.4 is 5.32 Å². The maximum atomic E-state index is 3.63. The molecular weight excluding hydrogens is 216 g/mol. The lowest BCUT2D eigenvalue weighted by Crippen LogP contribution is -2.34. The standard InChI is InChI=1S/C13H24N2S/c1-5-12(13-7-6-10-16-13)14-8-9-15(4)11(2)3/h6-7,10-12,14H,5,8-9H2,1-4H3. The third-order valence-corrected chi connectivity index (χ3v) is 4.02. The van der Waals surface area contributed by atoms with E-state index in [1.807, 2.05) is 11.3 Å². The number of hydrogen-bond donors (Lipinski definition) is 1. The van der Waals surface area contributed by atoms with Crippen molar-refractivity contribution in [1.82, 2.24) is 10.2 Å². The molecule has 1 N–H and O–H groups in total. The first-order valence-electron chi connectivity index (χ1n) is 6.12. The normalized spacial score (nSPS) is 13.6. The molecule has 1 aromatic heterocycles. The lowest BCUT2D eigenvalue weighted by Gasteiger charge is -2.23. The Hall–Kier alpha value is -0.380. The monoisotopic (exact) mass is 240 g/mol. The minimum Gasteiger partial charge on any atom is -0.308 e. The third kappa shape index (κ3) is 4.24. The van der Waals surface area contributed by atoms with E-state index in [4.69, 9.17) is 0 Å². The van der Waals surface area contributed by atoms with Crippen LogP contribution in [0.25, 0.3) is 0 Å². The van der Waals surface area contributed by atoms with Crippen LogP contribution in [0.5, 0.6) is 0 Å². The van der Waals surface area contributed by atoms with E-state index in [0.29, 0.717) is 12.1 Å². The molecule has 1 aromatic rings. The van der Waals surface area contributed by atoms with Crippen molar-refractivity contribution in [3.8, 4) is 0 Å². The molecule has 0 aliphatic rings. The second kappa shape index (κ2) is 7.05. The third-order valence-electron chi connectivity index (χ3n) is 3.03. The zero-order valence-electron chi connectivity index (χ0n) is 10.9. The lowest BCUT2D eigenvalue weighted by molar-refractivity contribution is 0.268. The van der Waals surface area contributed by atoms with Gasteiger partial charge in [-0.2, -0.15) is 0 Å². The molecule has 0 amide bonds. The van der Waals surface area contributed by atoms with Gasteiger partial charge in [0.15, 0.2) is 0 Å². The van der Waals surface area contributed by atoms with E-state index in [0.717, 1.165) is 19.5 Å². The molecule has 1 heterocycles. The molecule has 0 aliphatic carbocycles. The fourth-order valence-electron chi connectivity index (χ4n) is 1.61. The Morgan fingerprint density at radius 3 is 2.69 bits per heavy atom. The number of nitrogens with zero attached hydrogens (tertiary/aromatic N) is 1. The SMILES string of the molecule is CCC(NCCN(C)C(C)C)c1cccs1. The highest BCUT2D eigenvalue weighted by Gasteiger charge is 2.09. The summed E-state index contributed by atoms with van der Waals surface area (Å²) in [5.74, 6) is 0. The smallest absolute Gasteiger partial charge is 0.0412 e. The van der Waals surface area contributed by atoms with E-state index in [1.165, 1.54) is 4.88 Å². The number of nitrogens with one attached hydrogen (secondary N) is 1. The van der Waals surface area contributed by atoms with E-state index in [2.05, 4.69) is 55.5 Å². The first-order chi connectivity index (χ1) is 7.65. The fourth-order valence-corrected chi connectivity index (χ4v) is 2.49. The molecule has 0 bridgehead atoms. The molecule has 1 atom stereocenters. The average molecular weight is 240 g/mol. The summed E-state index contributed by atoms with van der Waals surface area (Å²) in [7, 11) is 2.18. The predicted molar refractivity (Wildman–Crippen MR) is 73.1 cm³/mol. The van der Waals surface area contributed by atoms with Gasteiger partial charge in [0.05, 0.1) is 0 Å². The van der Waals surface area contributed by atoms with Gasteiger partial charge in [0.2, 0.25) is 0 Å². The van der Waals surface area contributed by atoms with E-state index in [-0.39, 0.29) is 0 Å². The topological polar surface area (TPSA) is 15.3 Å². The molecule has 3 heteroatoms. The average Bonchev–Trinajstić information content (AvgIpc) is 2.77. The Kier molecular flexibility index (Phi) is 6.03. The quantitative estimate of drug-likeness (QED) is 0.788. The molecule has 0 spiro atoms. The summed E-state index contributed by atoms with van der Waals surface area (Å²) < 4.78 is 0. The Balaban J connectivity index is 2.30. The van der Waals surface area contributed by atoms with Crippen molar-refractivity contribution in [1.29, 1.82) is 0 Å². The zero-order valence-corrected chi connectivity index (χ0v) is 11.7. The molecule has 16 heavy (non-hydrogen) atoms. The largest absolute Gasteiger partial charge is 0.308 e. The molecule has 92 valence electrons. The summed E-state index contributed by atoms with van der Waals surface area (Å²) in [6.45, 7) is 8.88. The van der Waals surface area contributed by atoms with Gasteiger partial charge in [0, 0.05) is 30.1 Å². The van der Waals surface area contributed by atoms with Gasteiger partial charge in [0.1, 0.15) is 0 Å². The van der Waals surface area contributed by atoms with Crippen LogP contribution in [0.1, 0.15) is 38.1 Å². The molecule has 1 rings (SSSR count). The molecule has 0 fully saturated rings. The van der Waals surface area contributed by atoms with Crippen molar-refractivity contribution < 1.29 is 0 Å². The van der Waals surface area contributed by atoms with Gasteiger partial charge in [-0.05, 0) is 38.8 Å². The van der Waals surface area contributed by atoms with Crippen molar-refractivity contribution in [3.63, 3.8) is 0 Å². The predicted octanol–water partition coefficient (Wildman–Crippen LogP) is 3.13. The van der Waals surface area contributed by atoms with Crippen LogP contribution in [0.15, 0.2) is 17.5 Å². The van der Waals surface area contributed by atoms with Gasteiger partial charge < -0.3 is 10.2 Å². The molecule has 0 saturated heterocycles. The van der Waals surface area contributed by atoms with Crippen molar-refractivity contribution in [2.75, 3.05) is 20.1 Å². The van der Waals surface area contributed by atoms with Gasteiger partial charge >= 0.3 is 0 Å². The van der Waals surface area contributed by atoms with E-state index >= 15 is 0 Å².